The van der Waals surface area contributed by atoms with Gasteiger partial charge in [-0.05, 0) is 81.6 Å². The molecule has 1 aliphatic heterocycles. The molecule has 1 unspecified atom stereocenters. The van der Waals surface area contributed by atoms with Crippen LogP contribution in [0, 0.1) is 6.92 Å². The van der Waals surface area contributed by atoms with E-state index in [4.69, 9.17) is 4.74 Å². The number of hydrogen-bond acceptors (Lipinski definition) is 6. The van der Waals surface area contributed by atoms with Crippen molar-refractivity contribution in [3.05, 3.63) is 76.2 Å². The molecule has 3 aromatic rings. The molecule has 1 atom stereocenters. The molecule has 2 heterocycles. The van der Waals surface area contributed by atoms with Crippen LogP contribution in [0.4, 0.5) is 10.5 Å². The van der Waals surface area contributed by atoms with Crippen molar-refractivity contribution in [3.8, 4) is 10.4 Å². The van der Waals surface area contributed by atoms with Gasteiger partial charge in [0, 0.05) is 29.2 Å². The normalized spacial score (nSPS) is 14.5. The summed E-state index contributed by atoms with van der Waals surface area (Å²) in [5, 5.41) is 6.52. The minimum atomic E-state index is -0.517. The quantitative estimate of drug-likeness (QED) is 0.371. The van der Waals surface area contributed by atoms with Crippen molar-refractivity contribution in [2.75, 3.05) is 18.4 Å². The third kappa shape index (κ3) is 6.57. The standard InChI is InChI=1S/C29H33N3O4S/c1-18-9-10-22(31-23-15-32(16-23)28(35)36-29(3,4)5)14-25(18)27(34)30-19(2)20-7-6-8-21(13-20)26-12-11-24(17-33)37-26/h6-14,17,19,23,31H,15-16H2,1-5H3,(H,30,34). The number of likely N-dealkylation sites (tertiary alicyclic amines) is 1. The van der Waals surface area contributed by atoms with Gasteiger partial charge in [0.05, 0.1) is 17.0 Å². The summed E-state index contributed by atoms with van der Waals surface area (Å²) < 4.78 is 5.41. The third-order valence-corrected chi connectivity index (χ3v) is 7.21. The number of thiophene rings is 1. The zero-order chi connectivity index (χ0) is 26.7. The summed E-state index contributed by atoms with van der Waals surface area (Å²) in [5.74, 6) is -0.151. The summed E-state index contributed by atoms with van der Waals surface area (Å²) >= 11 is 1.44. The fraction of sp³-hybridized carbons (Fsp3) is 0.345. The number of benzene rings is 2. The maximum Gasteiger partial charge on any atom is 0.410 e. The number of rotatable bonds is 7. The average Bonchev–Trinajstić information content (AvgIpc) is 3.30. The molecule has 2 N–H and O–H groups in total. The maximum absolute atomic E-state index is 13.2. The predicted octanol–water partition coefficient (Wildman–Crippen LogP) is 6.06. The van der Waals surface area contributed by atoms with Crippen molar-refractivity contribution in [1.29, 1.82) is 0 Å². The molecule has 1 aromatic heterocycles. The van der Waals surface area contributed by atoms with Crippen molar-refractivity contribution in [3.63, 3.8) is 0 Å². The van der Waals surface area contributed by atoms with Crippen molar-refractivity contribution < 1.29 is 19.1 Å². The lowest BCUT2D eigenvalue weighted by molar-refractivity contribution is 0.0105. The van der Waals surface area contributed by atoms with E-state index in [1.807, 2.05) is 89.2 Å². The van der Waals surface area contributed by atoms with Crippen molar-refractivity contribution >= 4 is 35.3 Å². The number of anilines is 1. The number of aldehydes is 1. The lowest BCUT2D eigenvalue weighted by Gasteiger charge is -2.40. The highest BCUT2D eigenvalue weighted by molar-refractivity contribution is 7.17. The van der Waals surface area contributed by atoms with E-state index in [0.717, 1.165) is 33.5 Å². The minimum absolute atomic E-state index is 0.102. The Bertz CT molecular complexity index is 1300. The Labute approximate surface area is 221 Å². The van der Waals surface area contributed by atoms with Gasteiger partial charge in [-0.15, -0.1) is 11.3 Å². The molecule has 194 valence electrons. The summed E-state index contributed by atoms with van der Waals surface area (Å²) in [5.41, 5.74) is 3.80. The van der Waals surface area contributed by atoms with Gasteiger partial charge in [-0.25, -0.2) is 4.79 Å². The van der Waals surface area contributed by atoms with E-state index < -0.39 is 5.60 Å². The van der Waals surface area contributed by atoms with Gasteiger partial charge in [0.15, 0.2) is 6.29 Å². The molecule has 0 bridgehead atoms. The van der Waals surface area contributed by atoms with E-state index in [0.29, 0.717) is 23.5 Å². The first-order valence-electron chi connectivity index (χ1n) is 12.3. The molecule has 1 fully saturated rings. The summed E-state index contributed by atoms with van der Waals surface area (Å²) in [6.45, 7) is 10.5. The second-order valence-corrected chi connectivity index (χ2v) is 11.5. The Morgan fingerprint density at radius 2 is 1.86 bits per heavy atom. The Kier molecular flexibility index (Phi) is 7.68. The first-order chi connectivity index (χ1) is 17.5. The Balaban J connectivity index is 1.38. The number of carbonyl (C=O) groups is 3. The summed E-state index contributed by atoms with van der Waals surface area (Å²) in [6.07, 6.45) is 0.546. The lowest BCUT2D eigenvalue weighted by atomic mass is 10.0. The summed E-state index contributed by atoms with van der Waals surface area (Å²) in [4.78, 5) is 39.8. The van der Waals surface area contributed by atoms with Crippen molar-refractivity contribution in [2.45, 2.75) is 52.3 Å². The first kappa shape index (κ1) is 26.4. The highest BCUT2D eigenvalue weighted by Gasteiger charge is 2.33. The molecule has 0 radical (unpaired) electrons. The largest absolute Gasteiger partial charge is 0.444 e. The molecule has 7 nitrogen and oxygen atoms in total. The molecule has 0 saturated carbocycles. The number of aryl methyl sites for hydroxylation is 1. The first-order valence-corrected chi connectivity index (χ1v) is 13.2. The molecule has 4 rings (SSSR count). The van der Waals surface area contributed by atoms with Gasteiger partial charge in [-0.1, -0.05) is 24.3 Å². The van der Waals surface area contributed by atoms with E-state index in [-0.39, 0.29) is 24.1 Å². The fourth-order valence-electron chi connectivity index (χ4n) is 4.13. The number of carbonyl (C=O) groups excluding carboxylic acids is 3. The highest BCUT2D eigenvalue weighted by Crippen LogP contribution is 2.29. The molecule has 8 heteroatoms. The smallest absolute Gasteiger partial charge is 0.410 e. The van der Waals surface area contributed by atoms with Crippen LogP contribution in [0.2, 0.25) is 0 Å². The van der Waals surface area contributed by atoms with E-state index in [2.05, 4.69) is 10.6 Å². The fourth-order valence-corrected chi connectivity index (χ4v) is 4.95. The minimum Gasteiger partial charge on any atom is -0.444 e. The van der Waals surface area contributed by atoms with Crippen LogP contribution in [-0.2, 0) is 4.74 Å². The summed E-state index contributed by atoms with van der Waals surface area (Å²) in [6, 6.07) is 17.4. The monoisotopic (exact) mass is 519 g/mol. The van der Waals surface area contributed by atoms with Gasteiger partial charge in [-0.2, -0.15) is 0 Å². The zero-order valence-electron chi connectivity index (χ0n) is 21.8. The van der Waals surface area contributed by atoms with Crippen LogP contribution in [0.15, 0.2) is 54.6 Å². The Hall–Kier alpha value is -3.65. The second kappa shape index (κ2) is 10.8. The van der Waals surface area contributed by atoms with Gasteiger partial charge in [0.1, 0.15) is 5.60 Å². The van der Waals surface area contributed by atoms with Gasteiger partial charge in [0.2, 0.25) is 0 Å². The number of hydrogen-bond donors (Lipinski definition) is 2. The average molecular weight is 520 g/mol. The van der Waals surface area contributed by atoms with Crippen molar-refractivity contribution in [2.24, 2.45) is 0 Å². The topological polar surface area (TPSA) is 87.7 Å². The van der Waals surface area contributed by atoms with E-state index >= 15 is 0 Å². The van der Waals surface area contributed by atoms with Gasteiger partial charge < -0.3 is 20.3 Å². The molecular weight excluding hydrogens is 486 g/mol. The maximum atomic E-state index is 13.2. The van der Waals surface area contributed by atoms with E-state index in [9.17, 15) is 14.4 Å². The lowest BCUT2D eigenvalue weighted by Crippen LogP contribution is -2.57. The van der Waals surface area contributed by atoms with Crippen LogP contribution in [0.5, 0.6) is 0 Å². The number of nitrogens with one attached hydrogen (secondary N) is 2. The van der Waals surface area contributed by atoms with Crippen molar-refractivity contribution in [1.82, 2.24) is 10.2 Å². The molecule has 37 heavy (non-hydrogen) atoms. The van der Waals surface area contributed by atoms with E-state index in [1.54, 1.807) is 4.90 Å². The Morgan fingerprint density at radius 1 is 1.11 bits per heavy atom. The number of nitrogens with zero attached hydrogens (tertiary/aromatic N) is 1. The predicted molar refractivity (Wildman–Crippen MR) is 147 cm³/mol. The highest BCUT2D eigenvalue weighted by atomic mass is 32.1. The third-order valence-electron chi connectivity index (χ3n) is 6.15. The van der Waals surface area contributed by atoms with Crippen LogP contribution < -0.4 is 10.6 Å². The SMILES string of the molecule is Cc1ccc(NC2CN(C(=O)OC(C)(C)C)C2)cc1C(=O)NC(C)c1cccc(-c2ccc(C=O)s2)c1. The van der Waals surface area contributed by atoms with Gasteiger partial charge in [0.25, 0.3) is 5.91 Å². The zero-order valence-corrected chi connectivity index (χ0v) is 22.6. The van der Waals surface area contributed by atoms with E-state index in [1.165, 1.54) is 11.3 Å². The number of ether oxygens (including phenoxy) is 1. The molecule has 1 saturated heterocycles. The Morgan fingerprint density at radius 3 is 2.54 bits per heavy atom. The van der Waals surface area contributed by atoms with Crippen LogP contribution in [-0.4, -0.2) is 47.9 Å². The summed E-state index contributed by atoms with van der Waals surface area (Å²) in [7, 11) is 0. The van der Waals surface area contributed by atoms with Gasteiger partial charge >= 0.3 is 6.09 Å². The second-order valence-electron chi connectivity index (χ2n) is 10.4. The number of amides is 2. The van der Waals surface area contributed by atoms with Crippen LogP contribution in [0.25, 0.3) is 10.4 Å². The van der Waals surface area contributed by atoms with Crippen LogP contribution in [0.3, 0.4) is 0 Å². The molecule has 0 aliphatic carbocycles. The molecule has 1 aliphatic rings. The van der Waals surface area contributed by atoms with Crippen LogP contribution >= 0.6 is 11.3 Å². The van der Waals surface area contributed by atoms with Crippen LogP contribution in [0.1, 0.15) is 64.9 Å². The molecule has 2 aromatic carbocycles. The molecule has 2 amide bonds. The molecule has 0 spiro atoms. The van der Waals surface area contributed by atoms with Gasteiger partial charge in [-0.3, -0.25) is 9.59 Å². The molecular formula is C29H33N3O4S.